The summed E-state index contributed by atoms with van der Waals surface area (Å²) < 4.78 is 9.24. The molecule has 0 bridgehead atoms. The summed E-state index contributed by atoms with van der Waals surface area (Å²) in [5.74, 6) is -0.635. The van der Waals surface area contributed by atoms with Crippen LogP contribution in [0.1, 0.15) is 63.4 Å². The van der Waals surface area contributed by atoms with Crippen LogP contribution in [0.4, 0.5) is 0 Å². The quantitative estimate of drug-likeness (QED) is 0.388. The van der Waals surface area contributed by atoms with Crippen molar-refractivity contribution in [1.29, 1.82) is 0 Å². The Morgan fingerprint density at radius 1 is 1.19 bits per heavy atom. The topological polar surface area (TPSA) is 61.4 Å². The van der Waals surface area contributed by atoms with Crippen LogP contribution in [0, 0.1) is 6.92 Å². The number of fused-ring (bicyclic) bond motifs is 2. The van der Waals surface area contributed by atoms with Crippen LogP contribution in [0.5, 0.6) is 0 Å². The molecule has 32 heavy (non-hydrogen) atoms. The zero-order chi connectivity index (χ0) is 23.2. The molecule has 1 unspecified atom stereocenters. The second-order valence-electron chi connectivity index (χ2n) is 9.57. The largest absolute Gasteiger partial charge is 0.469 e. The Kier molecular flexibility index (Phi) is 5.57. The predicted molar refractivity (Wildman–Crippen MR) is 128 cm³/mol. The summed E-state index contributed by atoms with van der Waals surface area (Å²) in [4.78, 5) is 17.8. The maximum atomic E-state index is 12.9. The summed E-state index contributed by atoms with van der Waals surface area (Å²) in [7, 11) is 3.49. The third-order valence-electron chi connectivity index (χ3n) is 6.17. The molecule has 3 heterocycles. The zero-order valence-electron chi connectivity index (χ0n) is 20.1. The second-order valence-corrected chi connectivity index (χ2v) is 9.57. The smallest absolute Gasteiger partial charge is 0.313 e. The number of ether oxygens (including phenoxy) is 1. The molecule has 0 N–H and O–H groups in total. The van der Waals surface area contributed by atoms with Crippen LogP contribution in [0.15, 0.2) is 36.5 Å². The van der Waals surface area contributed by atoms with Gasteiger partial charge >= 0.3 is 5.97 Å². The Morgan fingerprint density at radius 2 is 1.94 bits per heavy atom. The first-order chi connectivity index (χ1) is 15.2. The molecule has 0 radical (unpaired) electrons. The van der Waals surface area contributed by atoms with Gasteiger partial charge < -0.3 is 9.30 Å². The molecule has 0 spiro atoms. The van der Waals surface area contributed by atoms with Crippen LogP contribution in [-0.4, -0.2) is 32.2 Å². The lowest BCUT2D eigenvalue weighted by Crippen LogP contribution is -2.19. The van der Waals surface area contributed by atoms with Crippen molar-refractivity contribution >= 4 is 22.5 Å². The Bertz CT molecular complexity index is 1310. The number of hydrogen-bond donors (Lipinski definition) is 0. The van der Waals surface area contributed by atoms with Gasteiger partial charge in [-0.3, -0.25) is 4.79 Å². The van der Waals surface area contributed by atoms with Crippen LogP contribution >= 0.6 is 0 Å². The molecule has 0 saturated heterocycles. The van der Waals surface area contributed by atoms with Crippen LogP contribution < -0.4 is 0 Å². The summed E-state index contributed by atoms with van der Waals surface area (Å²) in [6.07, 6.45) is 3.61. The fourth-order valence-electron chi connectivity index (χ4n) is 4.42. The average Bonchev–Trinajstić information content (AvgIpc) is 3.34. The molecule has 0 fully saturated rings. The molecule has 6 heteroatoms. The molecule has 0 amide bonds. The van der Waals surface area contributed by atoms with Crippen molar-refractivity contribution in [3.05, 3.63) is 53.5 Å². The van der Waals surface area contributed by atoms with E-state index in [0.717, 1.165) is 45.8 Å². The first-order valence-corrected chi connectivity index (χ1v) is 11.2. The molecular formula is C26H32N4O2. The molecule has 0 aliphatic carbocycles. The van der Waals surface area contributed by atoms with E-state index >= 15 is 0 Å². The summed E-state index contributed by atoms with van der Waals surface area (Å²) in [5, 5.41) is 6.15. The highest BCUT2D eigenvalue weighted by molar-refractivity contribution is 5.88. The minimum atomic E-state index is -0.400. The van der Waals surface area contributed by atoms with Crippen molar-refractivity contribution < 1.29 is 9.53 Å². The first kappa shape index (κ1) is 22.1. The fraction of sp³-hybridized carbons (Fsp3) is 0.423. The van der Waals surface area contributed by atoms with Gasteiger partial charge in [0.1, 0.15) is 0 Å². The van der Waals surface area contributed by atoms with E-state index in [4.69, 9.17) is 14.8 Å². The highest BCUT2D eigenvalue weighted by atomic mass is 16.5. The van der Waals surface area contributed by atoms with Gasteiger partial charge in [-0.15, -0.1) is 0 Å². The predicted octanol–water partition coefficient (Wildman–Crippen LogP) is 5.55. The third kappa shape index (κ3) is 3.68. The first-order valence-electron chi connectivity index (χ1n) is 11.2. The lowest BCUT2D eigenvalue weighted by Gasteiger charge is -2.21. The molecule has 1 atom stereocenters. The lowest BCUT2D eigenvalue weighted by molar-refractivity contribution is -0.142. The average molecular weight is 433 g/mol. The van der Waals surface area contributed by atoms with Crippen molar-refractivity contribution in [2.75, 3.05) is 7.11 Å². The molecule has 0 aliphatic heterocycles. The molecule has 6 nitrogen and oxygen atoms in total. The van der Waals surface area contributed by atoms with E-state index in [0.29, 0.717) is 6.42 Å². The van der Waals surface area contributed by atoms with Crippen molar-refractivity contribution in [3.8, 4) is 11.3 Å². The molecule has 0 aliphatic rings. The monoisotopic (exact) mass is 432 g/mol. The summed E-state index contributed by atoms with van der Waals surface area (Å²) in [5.41, 5.74) is 6.42. The third-order valence-corrected chi connectivity index (χ3v) is 6.17. The maximum Gasteiger partial charge on any atom is 0.313 e. The Labute approximate surface area is 189 Å². The number of esters is 1. The van der Waals surface area contributed by atoms with Crippen LogP contribution in [0.3, 0.4) is 0 Å². The maximum absolute atomic E-state index is 12.9. The van der Waals surface area contributed by atoms with Gasteiger partial charge in [-0.1, -0.05) is 46.2 Å². The lowest BCUT2D eigenvalue weighted by atomic mass is 9.89. The zero-order valence-corrected chi connectivity index (χ0v) is 20.1. The molecule has 168 valence electrons. The highest BCUT2D eigenvalue weighted by Crippen LogP contribution is 2.37. The number of benzene rings is 1. The van der Waals surface area contributed by atoms with Crippen molar-refractivity contribution in [1.82, 2.24) is 19.2 Å². The van der Waals surface area contributed by atoms with Gasteiger partial charge in [0.15, 0.2) is 5.65 Å². The SMILES string of the molecule is CCCC(C(=O)OC)c1c(C)nc2cc(C(C)(C)C)nn2c1-c1ccc2ccn(C)c2c1. The van der Waals surface area contributed by atoms with E-state index in [1.165, 1.54) is 12.5 Å². The number of aromatic nitrogens is 4. The number of aryl methyl sites for hydroxylation is 2. The fourth-order valence-corrected chi connectivity index (χ4v) is 4.42. The number of rotatable bonds is 5. The minimum absolute atomic E-state index is 0.119. The molecular weight excluding hydrogens is 400 g/mol. The molecule has 4 rings (SSSR count). The normalized spacial score (nSPS) is 13.1. The summed E-state index contributed by atoms with van der Waals surface area (Å²) >= 11 is 0. The molecule has 0 saturated carbocycles. The van der Waals surface area contributed by atoms with Gasteiger partial charge in [-0.25, -0.2) is 9.50 Å². The number of methoxy groups -OCH3 is 1. The Balaban J connectivity index is 2.10. The summed E-state index contributed by atoms with van der Waals surface area (Å²) in [6, 6.07) is 10.6. The van der Waals surface area contributed by atoms with Crippen molar-refractivity contribution in [3.63, 3.8) is 0 Å². The van der Waals surface area contributed by atoms with Gasteiger partial charge in [0, 0.05) is 47.1 Å². The molecule has 4 aromatic rings. The van der Waals surface area contributed by atoms with E-state index in [1.807, 2.05) is 24.6 Å². The second kappa shape index (κ2) is 8.08. The van der Waals surface area contributed by atoms with Gasteiger partial charge in [0.2, 0.25) is 0 Å². The minimum Gasteiger partial charge on any atom is -0.469 e. The van der Waals surface area contributed by atoms with E-state index in [9.17, 15) is 4.79 Å². The van der Waals surface area contributed by atoms with E-state index < -0.39 is 5.92 Å². The van der Waals surface area contributed by atoms with Gasteiger partial charge in [-0.2, -0.15) is 5.10 Å². The van der Waals surface area contributed by atoms with Crippen LogP contribution in [-0.2, 0) is 22.0 Å². The van der Waals surface area contributed by atoms with E-state index in [2.05, 4.69) is 62.7 Å². The van der Waals surface area contributed by atoms with E-state index in [-0.39, 0.29) is 11.4 Å². The van der Waals surface area contributed by atoms with Gasteiger partial charge in [-0.05, 0) is 30.9 Å². The number of carbonyl (C=O) groups excluding carboxylic acids is 1. The van der Waals surface area contributed by atoms with E-state index in [1.54, 1.807) is 0 Å². The van der Waals surface area contributed by atoms with Crippen molar-refractivity contribution in [2.45, 2.75) is 58.8 Å². The van der Waals surface area contributed by atoms with Crippen LogP contribution in [0.25, 0.3) is 27.8 Å². The highest BCUT2D eigenvalue weighted by Gasteiger charge is 2.30. The Hall–Kier alpha value is -3.15. The van der Waals surface area contributed by atoms with Gasteiger partial charge in [0.25, 0.3) is 0 Å². The van der Waals surface area contributed by atoms with Crippen LogP contribution in [0.2, 0.25) is 0 Å². The number of nitrogens with zero attached hydrogens (tertiary/aromatic N) is 4. The summed E-state index contributed by atoms with van der Waals surface area (Å²) in [6.45, 7) is 10.5. The Morgan fingerprint density at radius 3 is 2.59 bits per heavy atom. The van der Waals surface area contributed by atoms with Crippen molar-refractivity contribution in [2.24, 2.45) is 7.05 Å². The standard InChI is InChI=1S/C26H32N4O2/c1-8-9-19(25(31)32-7)23-16(2)27-22-15-21(26(3,4)5)28-30(22)24(23)18-11-10-17-12-13-29(6)20(17)14-18/h10-15,19H,8-9H2,1-7H3. The number of hydrogen-bond acceptors (Lipinski definition) is 4. The van der Waals surface area contributed by atoms with Gasteiger partial charge in [0.05, 0.1) is 24.4 Å². The molecule has 3 aromatic heterocycles. The molecule has 1 aromatic carbocycles. The number of carbonyl (C=O) groups is 1.